The summed E-state index contributed by atoms with van der Waals surface area (Å²) >= 11 is 0. The monoisotopic (exact) mass is 335 g/mol. The summed E-state index contributed by atoms with van der Waals surface area (Å²) in [4.78, 5) is 12.3. The molecule has 0 spiro atoms. The van der Waals surface area contributed by atoms with Crippen molar-refractivity contribution in [3.63, 3.8) is 0 Å². The van der Waals surface area contributed by atoms with Gasteiger partial charge in [0, 0.05) is 0 Å². The standard InChI is InChI=1S/C18H17N5O2/c19-17-16-18(21-10-20-17)23(11-22-16)8-14(24)9-25-15-6-5-12-3-1-2-4-13(12)7-15/h1-7,10-11,14,24H,8-9H2,(H2,19,20,21). The lowest BCUT2D eigenvalue weighted by atomic mass is 10.1. The summed E-state index contributed by atoms with van der Waals surface area (Å²) in [6.07, 6.45) is 2.27. The quantitative estimate of drug-likeness (QED) is 0.579. The first-order valence-corrected chi connectivity index (χ1v) is 7.92. The van der Waals surface area contributed by atoms with Crippen molar-refractivity contribution in [2.75, 3.05) is 12.3 Å². The highest BCUT2D eigenvalue weighted by Crippen LogP contribution is 2.21. The molecule has 2 aromatic carbocycles. The van der Waals surface area contributed by atoms with Gasteiger partial charge in [-0.15, -0.1) is 0 Å². The summed E-state index contributed by atoms with van der Waals surface area (Å²) in [6, 6.07) is 13.9. The van der Waals surface area contributed by atoms with Crippen molar-refractivity contribution in [3.05, 3.63) is 55.1 Å². The smallest absolute Gasteiger partial charge is 0.165 e. The van der Waals surface area contributed by atoms with Crippen molar-refractivity contribution >= 4 is 27.8 Å². The molecule has 0 aliphatic carbocycles. The largest absolute Gasteiger partial charge is 0.491 e. The molecule has 0 radical (unpaired) electrons. The van der Waals surface area contributed by atoms with E-state index in [-0.39, 0.29) is 6.61 Å². The number of ether oxygens (including phenoxy) is 1. The van der Waals surface area contributed by atoms with Crippen molar-refractivity contribution in [2.24, 2.45) is 0 Å². The lowest BCUT2D eigenvalue weighted by molar-refractivity contribution is 0.0933. The molecule has 7 heteroatoms. The number of nitrogens with zero attached hydrogens (tertiary/aromatic N) is 4. The Bertz CT molecular complexity index is 1030. The Morgan fingerprint density at radius 1 is 1.08 bits per heavy atom. The van der Waals surface area contributed by atoms with E-state index in [1.54, 1.807) is 10.9 Å². The number of hydrogen-bond acceptors (Lipinski definition) is 6. The SMILES string of the molecule is Nc1ncnc2c1ncn2CC(O)COc1ccc2ccccc2c1. The maximum atomic E-state index is 10.3. The summed E-state index contributed by atoms with van der Waals surface area (Å²) in [5, 5.41) is 12.5. The van der Waals surface area contributed by atoms with Crippen LogP contribution in [0.2, 0.25) is 0 Å². The molecule has 4 rings (SSSR count). The second-order valence-corrected chi connectivity index (χ2v) is 5.80. The second-order valence-electron chi connectivity index (χ2n) is 5.80. The van der Waals surface area contributed by atoms with E-state index in [0.29, 0.717) is 23.5 Å². The molecule has 0 saturated heterocycles. The molecule has 7 nitrogen and oxygen atoms in total. The van der Waals surface area contributed by atoms with Crippen molar-refractivity contribution in [3.8, 4) is 5.75 Å². The Balaban J connectivity index is 1.44. The Hall–Kier alpha value is -3.19. The minimum Gasteiger partial charge on any atom is -0.491 e. The lowest BCUT2D eigenvalue weighted by Crippen LogP contribution is -2.23. The van der Waals surface area contributed by atoms with Crippen LogP contribution in [-0.2, 0) is 6.54 Å². The highest BCUT2D eigenvalue weighted by atomic mass is 16.5. The van der Waals surface area contributed by atoms with Gasteiger partial charge in [0.25, 0.3) is 0 Å². The maximum Gasteiger partial charge on any atom is 0.165 e. The van der Waals surface area contributed by atoms with Crippen LogP contribution in [0.15, 0.2) is 55.1 Å². The molecule has 2 aromatic heterocycles. The first-order valence-electron chi connectivity index (χ1n) is 7.92. The van der Waals surface area contributed by atoms with E-state index in [9.17, 15) is 5.11 Å². The minimum atomic E-state index is -0.708. The van der Waals surface area contributed by atoms with Crippen LogP contribution in [0.1, 0.15) is 0 Å². The molecule has 25 heavy (non-hydrogen) atoms. The Labute approximate surface area is 143 Å². The highest BCUT2D eigenvalue weighted by Gasteiger charge is 2.12. The normalized spacial score (nSPS) is 12.5. The maximum absolute atomic E-state index is 10.3. The summed E-state index contributed by atoms with van der Waals surface area (Å²) < 4.78 is 7.46. The average Bonchev–Trinajstić information content (AvgIpc) is 3.04. The fraction of sp³-hybridized carbons (Fsp3) is 0.167. The molecule has 4 aromatic rings. The van der Waals surface area contributed by atoms with Gasteiger partial charge in [0.15, 0.2) is 11.5 Å². The Morgan fingerprint density at radius 3 is 2.80 bits per heavy atom. The number of benzene rings is 2. The van der Waals surface area contributed by atoms with Crippen LogP contribution in [0.4, 0.5) is 5.82 Å². The van der Waals surface area contributed by atoms with Gasteiger partial charge in [-0.25, -0.2) is 15.0 Å². The highest BCUT2D eigenvalue weighted by molar-refractivity contribution is 5.83. The van der Waals surface area contributed by atoms with E-state index in [2.05, 4.69) is 15.0 Å². The summed E-state index contributed by atoms with van der Waals surface area (Å²) in [7, 11) is 0. The number of nitrogen functional groups attached to an aromatic ring is 1. The molecule has 126 valence electrons. The first kappa shape index (κ1) is 15.3. The van der Waals surface area contributed by atoms with Crippen LogP contribution < -0.4 is 10.5 Å². The van der Waals surface area contributed by atoms with Crippen molar-refractivity contribution in [1.29, 1.82) is 0 Å². The van der Waals surface area contributed by atoms with Gasteiger partial charge in [-0.3, -0.25) is 0 Å². The van der Waals surface area contributed by atoms with Crippen LogP contribution in [0.3, 0.4) is 0 Å². The van der Waals surface area contributed by atoms with Crippen LogP contribution in [0.25, 0.3) is 21.9 Å². The van der Waals surface area contributed by atoms with E-state index < -0.39 is 6.10 Å². The van der Waals surface area contributed by atoms with Crippen LogP contribution in [0.5, 0.6) is 5.75 Å². The zero-order valence-electron chi connectivity index (χ0n) is 13.4. The van der Waals surface area contributed by atoms with Crippen LogP contribution >= 0.6 is 0 Å². The number of hydrogen-bond donors (Lipinski definition) is 2. The van der Waals surface area contributed by atoms with E-state index >= 15 is 0 Å². The lowest BCUT2D eigenvalue weighted by Gasteiger charge is -2.13. The number of aliphatic hydroxyl groups is 1. The van der Waals surface area contributed by atoms with Gasteiger partial charge in [0.1, 0.15) is 30.3 Å². The molecule has 0 amide bonds. The fourth-order valence-electron chi connectivity index (χ4n) is 2.76. The third-order valence-electron chi connectivity index (χ3n) is 4.00. The predicted molar refractivity (Wildman–Crippen MR) is 95.2 cm³/mol. The topological polar surface area (TPSA) is 99.1 Å². The number of nitrogens with two attached hydrogens (primary N) is 1. The summed E-state index contributed by atoms with van der Waals surface area (Å²) in [6.45, 7) is 0.471. The third kappa shape index (κ3) is 3.09. The molecule has 0 aliphatic heterocycles. The zero-order chi connectivity index (χ0) is 17.2. The molecular weight excluding hydrogens is 318 g/mol. The zero-order valence-corrected chi connectivity index (χ0v) is 13.4. The van der Waals surface area contributed by atoms with Crippen LogP contribution in [-0.4, -0.2) is 37.3 Å². The third-order valence-corrected chi connectivity index (χ3v) is 4.00. The molecule has 0 saturated carbocycles. The summed E-state index contributed by atoms with van der Waals surface area (Å²) in [5.41, 5.74) is 6.89. The second kappa shape index (κ2) is 6.37. The van der Waals surface area contributed by atoms with Gasteiger partial charge in [-0.2, -0.15) is 0 Å². The van der Waals surface area contributed by atoms with Gasteiger partial charge in [-0.05, 0) is 22.9 Å². The van der Waals surface area contributed by atoms with E-state index in [1.807, 2.05) is 42.5 Å². The number of rotatable bonds is 5. The molecular formula is C18H17N5O2. The van der Waals surface area contributed by atoms with Crippen molar-refractivity contribution < 1.29 is 9.84 Å². The molecule has 3 N–H and O–H groups in total. The number of imidazole rings is 1. The van der Waals surface area contributed by atoms with Gasteiger partial charge < -0.3 is 20.1 Å². The van der Waals surface area contributed by atoms with E-state index in [1.165, 1.54) is 6.33 Å². The molecule has 0 bridgehead atoms. The van der Waals surface area contributed by atoms with E-state index in [4.69, 9.17) is 10.5 Å². The van der Waals surface area contributed by atoms with Gasteiger partial charge in [-0.1, -0.05) is 30.3 Å². The number of anilines is 1. The summed E-state index contributed by atoms with van der Waals surface area (Å²) in [5.74, 6) is 1.05. The molecule has 0 aliphatic rings. The number of fused-ring (bicyclic) bond motifs is 2. The van der Waals surface area contributed by atoms with Crippen molar-refractivity contribution in [1.82, 2.24) is 19.5 Å². The van der Waals surface area contributed by atoms with E-state index in [0.717, 1.165) is 16.5 Å². The predicted octanol–water partition coefficient (Wildman–Crippen LogP) is 2.00. The molecule has 1 unspecified atom stereocenters. The number of aromatic nitrogens is 4. The Morgan fingerprint density at radius 2 is 1.92 bits per heavy atom. The van der Waals surface area contributed by atoms with Crippen LogP contribution in [0, 0.1) is 0 Å². The van der Waals surface area contributed by atoms with Gasteiger partial charge in [0.05, 0.1) is 12.9 Å². The van der Waals surface area contributed by atoms with Gasteiger partial charge >= 0.3 is 0 Å². The average molecular weight is 335 g/mol. The number of aliphatic hydroxyl groups excluding tert-OH is 1. The molecule has 1 atom stereocenters. The first-order chi connectivity index (χ1) is 12.2. The Kier molecular flexibility index (Phi) is 3.91. The van der Waals surface area contributed by atoms with Crippen molar-refractivity contribution in [2.45, 2.75) is 12.6 Å². The minimum absolute atomic E-state index is 0.165. The fourth-order valence-corrected chi connectivity index (χ4v) is 2.76. The van der Waals surface area contributed by atoms with Gasteiger partial charge in [0.2, 0.25) is 0 Å². The molecule has 0 fully saturated rings. The molecule has 2 heterocycles.